The van der Waals surface area contributed by atoms with Gasteiger partial charge in [0.1, 0.15) is 0 Å². The molecular formula is C13H16N2O4. The van der Waals surface area contributed by atoms with Gasteiger partial charge in [0.25, 0.3) is 5.69 Å². The fourth-order valence-corrected chi connectivity index (χ4v) is 1.53. The molecule has 0 bridgehead atoms. The Morgan fingerprint density at radius 1 is 1.53 bits per heavy atom. The van der Waals surface area contributed by atoms with E-state index in [1.54, 1.807) is 12.1 Å². The van der Waals surface area contributed by atoms with Gasteiger partial charge >= 0.3 is 5.97 Å². The van der Waals surface area contributed by atoms with Crippen LogP contribution in [0.25, 0.3) is 6.08 Å². The highest BCUT2D eigenvalue weighted by molar-refractivity contribution is 5.90. The van der Waals surface area contributed by atoms with E-state index in [2.05, 4.69) is 10.1 Å². The van der Waals surface area contributed by atoms with E-state index in [1.807, 2.05) is 13.1 Å². The molecule has 0 aliphatic carbocycles. The number of nitro groups is 1. The van der Waals surface area contributed by atoms with Crippen LogP contribution in [-0.2, 0) is 4.74 Å². The van der Waals surface area contributed by atoms with Gasteiger partial charge in [-0.25, -0.2) is 4.79 Å². The third-order valence-electron chi connectivity index (χ3n) is 2.51. The predicted octanol–water partition coefficient (Wildman–Crippen LogP) is 2.00. The molecule has 0 amide bonds. The van der Waals surface area contributed by atoms with Crippen LogP contribution in [0.2, 0.25) is 0 Å². The number of nitrogens with zero attached hydrogens (tertiary/aromatic N) is 1. The molecule has 1 aromatic carbocycles. The van der Waals surface area contributed by atoms with Crippen LogP contribution < -0.4 is 5.32 Å². The molecule has 0 atom stereocenters. The van der Waals surface area contributed by atoms with Crippen LogP contribution >= 0.6 is 0 Å². The van der Waals surface area contributed by atoms with Crippen molar-refractivity contribution < 1.29 is 14.5 Å². The highest BCUT2D eigenvalue weighted by atomic mass is 16.6. The molecule has 0 saturated heterocycles. The fourth-order valence-electron chi connectivity index (χ4n) is 1.53. The molecule has 6 heteroatoms. The summed E-state index contributed by atoms with van der Waals surface area (Å²) < 4.78 is 4.54. The van der Waals surface area contributed by atoms with E-state index in [0.717, 1.165) is 13.0 Å². The topological polar surface area (TPSA) is 81.5 Å². The molecular weight excluding hydrogens is 248 g/mol. The molecule has 0 aliphatic rings. The molecule has 102 valence electrons. The number of nitrogens with one attached hydrogen (secondary N) is 1. The summed E-state index contributed by atoms with van der Waals surface area (Å²) in [6.45, 7) is 0.796. The van der Waals surface area contributed by atoms with Crippen molar-refractivity contribution in [1.29, 1.82) is 0 Å². The SMILES string of the molecule is CNCCC=Cc1ccc(C(=O)OC)cc1[N+](=O)[O-]. The zero-order valence-corrected chi connectivity index (χ0v) is 10.9. The van der Waals surface area contributed by atoms with Crippen molar-refractivity contribution in [1.82, 2.24) is 5.32 Å². The maximum Gasteiger partial charge on any atom is 0.338 e. The zero-order valence-electron chi connectivity index (χ0n) is 10.9. The van der Waals surface area contributed by atoms with Crippen molar-refractivity contribution >= 4 is 17.7 Å². The molecule has 0 saturated carbocycles. The van der Waals surface area contributed by atoms with Gasteiger partial charge < -0.3 is 10.1 Å². The van der Waals surface area contributed by atoms with Crippen molar-refractivity contribution in [3.8, 4) is 0 Å². The Bertz CT molecular complexity index is 497. The molecule has 0 aliphatic heterocycles. The summed E-state index contributed by atoms with van der Waals surface area (Å²) in [5, 5.41) is 14.0. The van der Waals surface area contributed by atoms with E-state index < -0.39 is 10.9 Å². The van der Waals surface area contributed by atoms with E-state index in [0.29, 0.717) is 5.56 Å². The summed E-state index contributed by atoms with van der Waals surface area (Å²) in [6, 6.07) is 4.28. The van der Waals surface area contributed by atoms with E-state index in [-0.39, 0.29) is 11.3 Å². The van der Waals surface area contributed by atoms with Crippen LogP contribution in [0.5, 0.6) is 0 Å². The first-order chi connectivity index (χ1) is 9.10. The van der Waals surface area contributed by atoms with Crippen molar-refractivity contribution in [3.05, 3.63) is 45.5 Å². The highest BCUT2D eigenvalue weighted by Gasteiger charge is 2.16. The number of nitro benzene ring substituents is 1. The predicted molar refractivity (Wildman–Crippen MR) is 72.0 cm³/mol. The summed E-state index contributed by atoms with van der Waals surface area (Å²) in [5.41, 5.74) is 0.527. The van der Waals surface area contributed by atoms with Crippen LogP contribution in [0.3, 0.4) is 0 Å². The number of carbonyl (C=O) groups is 1. The van der Waals surface area contributed by atoms with E-state index in [4.69, 9.17) is 0 Å². The second-order valence-corrected chi connectivity index (χ2v) is 3.82. The van der Waals surface area contributed by atoms with Gasteiger partial charge in [-0.1, -0.05) is 12.2 Å². The summed E-state index contributed by atoms with van der Waals surface area (Å²) >= 11 is 0. The first kappa shape index (κ1) is 14.8. The lowest BCUT2D eigenvalue weighted by Crippen LogP contribution is -2.05. The van der Waals surface area contributed by atoms with E-state index in [1.165, 1.54) is 19.2 Å². The van der Waals surface area contributed by atoms with Crippen LogP contribution in [0.1, 0.15) is 22.3 Å². The number of hydrogen-bond donors (Lipinski definition) is 1. The lowest BCUT2D eigenvalue weighted by atomic mass is 10.1. The van der Waals surface area contributed by atoms with Gasteiger partial charge in [-0.3, -0.25) is 10.1 Å². The van der Waals surface area contributed by atoms with E-state index in [9.17, 15) is 14.9 Å². The third-order valence-corrected chi connectivity index (χ3v) is 2.51. The average molecular weight is 264 g/mol. The molecule has 6 nitrogen and oxygen atoms in total. The van der Waals surface area contributed by atoms with Crippen LogP contribution in [0, 0.1) is 10.1 Å². The zero-order chi connectivity index (χ0) is 14.3. The maximum absolute atomic E-state index is 11.3. The summed E-state index contributed by atoms with van der Waals surface area (Å²) in [7, 11) is 3.07. The van der Waals surface area contributed by atoms with Crippen LogP contribution in [0.15, 0.2) is 24.3 Å². The number of carbonyl (C=O) groups excluding carboxylic acids is 1. The van der Waals surface area contributed by atoms with Gasteiger partial charge in [0.2, 0.25) is 0 Å². The highest BCUT2D eigenvalue weighted by Crippen LogP contribution is 2.22. The summed E-state index contributed by atoms with van der Waals surface area (Å²) in [4.78, 5) is 21.8. The number of hydrogen-bond acceptors (Lipinski definition) is 5. The van der Waals surface area contributed by atoms with Crippen molar-refractivity contribution in [2.45, 2.75) is 6.42 Å². The molecule has 0 fully saturated rings. The van der Waals surface area contributed by atoms with Gasteiger partial charge in [0.05, 0.1) is 23.2 Å². The van der Waals surface area contributed by atoms with Crippen molar-refractivity contribution in [2.75, 3.05) is 20.7 Å². The Labute approximate surface area is 111 Å². The Morgan fingerprint density at radius 3 is 2.84 bits per heavy atom. The average Bonchev–Trinajstić information content (AvgIpc) is 2.42. The maximum atomic E-state index is 11.3. The number of esters is 1. The van der Waals surface area contributed by atoms with Gasteiger partial charge in [-0.05, 0) is 32.1 Å². The monoisotopic (exact) mass is 264 g/mol. The minimum absolute atomic E-state index is 0.108. The van der Waals surface area contributed by atoms with E-state index >= 15 is 0 Å². The second-order valence-electron chi connectivity index (χ2n) is 3.82. The summed E-state index contributed by atoms with van der Waals surface area (Å²) in [5.74, 6) is -0.589. The molecule has 19 heavy (non-hydrogen) atoms. The Kier molecular flexibility index (Phi) is 5.69. The first-order valence-corrected chi connectivity index (χ1v) is 5.78. The Morgan fingerprint density at radius 2 is 2.26 bits per heavy atom. The smallest absolute Gasteiger partial charge is 0.338 e. The van der Waals surface area contributed by atoms with Crippen molar-refractivity contribution in [3.63, 3.8) is 0 Å². The van der Waals surface area contributed by atoms with Gasteiger partial charge in [-0.2, -0.15) is 0 Å². The normalized spacial score (nSPS) is 10.6. The van der Waals surface area contributed by atoms with Crippen molar-refractivity contribution in [2.24, 2.45) is 0 Å². The lowest BCUT2D eigenvalue weighted by molar-refractivity contribution is -0.385. The molecule has 0 spiro atoms. The number of ether oxygens (including phenoxy) is 1. The Hall–Kier alpha value is -2.21. The molecule has 1 N–H and O–H groups in total. The first-order valence-electron chi connectivity index (χ1n) is 5.78. The Balaban J connectivity index is 3.01. The van der Waals surface area contributed by atoms with Gasteiger partial charge in [-0.15, -0.1) is 0 Å². The largest absolute Gasteiger partial charge is 0.465 e. The molecule has 0 aromatic heterocycles. The summed E-state index contributed by atoms with van der Waals surface area (Å²) in [6.07, 6.45) is 4.29. The van der Waals surface area contributed by atoms with Crippen LogP contribution in [0.4, 0.5) is 5.69 Å². The molecule has 1 rings (SSSR count). The number of methoxy groups -OCH3 is 1. The molecule has 1 aromatic rings. The molecule has 0 heterocycles. The second kappa shape index (κ2) is 7.27. The van der Waals surface area contributed by atoms with Crippen LogP contribution in [-0.4, -0.2) is 31.6 Å². The molecule has 0 unspecified atom stereocenters. The minimum Gasteiger partial charge on any atom is -0.465 e. The lowest BCUT2D eigenvalue weighted by Gasteiger charge is -2.02. The number of benzene rings is 1. The number of rotatable bonds is 6. The van der Waals surface area contributed by atoms with Gasteiger partial charge in [0.15, 0.2) is 0 Å². The minimum atomic E-state index is -0.589. The quantitative estimate of drug-likeness (QED) is 0.368. The molecule has 0 radical (unpaired) electrons. The fraction of sp³-hybridized carbons (Fsp3) is 0.308. The standard InChI is InChI=1S/C13H16N2O4/c1-14-8-4-3-5-10-6-7-11(13(16)19-2)9-12(10)15(17)18/h3,5-7,9,14H,4,8H2,1-2H3. The van der Waals surface area contributed by atoms with Gasteiger partial charge in [0, 0.05) is 6.07 Å². The third kappa shape index (κ3) is 4.18.